The molecule has 0 aliphatic carbocycles. The summed E-state index contributed by atoms with van der Waals surface area (Å²) in [6.45, 7) is 0.291. The van der Waals surface area contributed by atoms with Gasteiger partial charge >= 0.3 is 6.03 Å². The number of hydrogen-bond acceptors (Lipinski definition) is 4. The van der Waals surface area contributed by atoms with Crippen molar-refractivity contribution >= 4 is 17.6 Å². The van der Waals surface area contributed by atoms with Gasteiger partial charge in [0.1, 0.15) is 5.69 Å². The van der Waals surface area contributed by atoms with E-state index < -0.39 is 0 Å². The van der Waals surface area contributed by atoms with Crippen molar-refractivity contribution < 1.29 is 14.3 Å². The highest BCUT2D eigenvalue weighted by atomic mass is 16.5. The number of amides is 3. The van der Waals surface area contributed by atoms with Gasteiger partial charge in [-0.3, -0.25) is 4.79 Å². The fourth-order valence-electron chi connectivity index (χ4n) is 1.96. The number of nitrogens with one attached hydrogen (secondary N) is 3. The summed E-state index contributed by atoms with van der Waals surface area (Å²) >= 11 is 0. The molecule has 0 atom stereocenters. The molecule has 7 heteroatoms. The second kappa shape index (κ2) is 7.79. The van der Waals surface area contributed by atoms with Gasteiger partial charge in [-0.2, -0.15) is 0 Å². The van der Waals surface area contributed by atoms with Crippen LogP contribution in [0.15, 0.2) is 42.6 Å². The van der Waals surface area contributed by atoms with Gasteiger partial charge in [0.05, 0.1) is 7.11 Å². The highest BCUT2D eigenvalue weighted by Crippen LogP contribution is 2.19. The number of hydrogen-bond donors (Lipinski definition) is 3. The Bertz CT molecular complexity index is 703. The highest BCUT2D eigenvalue weighted by Gasteiger charge is 2.08. The third-order valence-electron chi connectivity index (χ3n) is 3.08. The molecule has 0 radical (unpaired) electrons. The molecule has 0 saturated heterocycles. The van der Waals surface area contributed by atoms with Crippen molar-refractivity contribution in [2.45, 2.75) is 6.54 Å². The van der Waals surface area contributed by atoms with E-state index in [0.29, 0.717) is 23.7 Å². The Hall–Kier alpha value is -3.09. The number of benzene rings is 1. The molecule has 1 aromatic carbocycles. The van der Waals surface area contributed by atoms with Crippen molar-refractivity contribution in [2.24, 2.45) is 0 Å². The Morgan fingerprint density at radius 3 is 2.78 bits per heavy atom. The molecular weight excluding hydrogens is 296 g/mol. The van der Waals surface area contributed by atoms with E-state index >= 15 is 0 Å². The SMILES string of the molecule is CNC(=O)c1cccc(CNC(=O)Nc2cccnc2OC)c1. The fourth-order valence-corrected chi connectivity index (χ4v) is 1.96. The van der Waals surface area contributed by atoms with Gasteiger partial charge in [0.25, 0.3) is 5.91 Å². The Morgan fingerprint density at radius 2 is 2.04 bits per heavy atom. The van der Waals surface area contributed by atoms with E-state index in [1.807, 2.05) is 6.07 Å². The van der Waals surface area contributed by atoms with Gasteiger partial charge < -0.3 is 20.7 Å². The Kier molecular flexibility index (Phi) is 5.51. The Morgan fingerprint density at radius 1 is 1.22 bits per heavy atom. The lowest BCUT2D eigenvalue weighted by atomic mass is 10.1. The van der Waals surface area contributed by atoms with Gasteiger partial charge in [-0.05, 0) is 29.8 Å². The molecule has 0 saturated carbocycles. The number of urea groups is 1. The predicted octanol–water partition coefficient (Wildman–Crippen LogP) is 1.77. The lowest BCUT2D eigenvalue weighted by Gasteiger charge is -2.10. The van der Waals surface area contributed by atoms with Gasteiger partial charge in [0.15, 0.2) is 0 Å². The molecular formula is C16H18N4O3. The zero-order chi connectivity index (χ0) is 16.7. The van der Waals surface area contributed by atoms with Gasteiger partial charge in [-0.1, -0.05) is 12.1 Å². The quantitative estimate of drug-likeness (QED) is 0.784. The van der Waals surface area contributed by atoms with Crippen molar-refractivity contribution in [2.75, 3.05) is 19.5 Å². The maximum absolute atomic E-state index is 11.9. The molecule has 0 bridgehead atoms. The summed E-state index contributed by atoms with van der Waals surface area (Å²) in [6, 6.07) is 10.0. The van der Waals surface area contributed by atoms with Crippen LogP contribution in [-0.2, 0) is 6.54 Å². The molecule has 2 rings (SSSR count). The number of carbonyl (C=O) groups is 2. The van der Waals surface area contributed by atoms with Gasteiger partial charge in [-0.15, -0.1) is 0 Å². The third kappa shape index (κ3) is 4.44. The molecule has 3 N–H and O–H groups in total. The molecule has 23 heavy (non-hydrogen) atoms. The molecule has 3 amide bonds. The van der Waals surface area contributed by atoms with Crippen LogP contribution in [0.25, 0.3) is 0 Å². The normalized spacial score (nSPS) is 9.83. The van der Waals surface area contributed by atoms with Crippen LogP contribution in [0.3, 0.4) is 0 Å². The molecule has 1 aromatic heterocycles. The average molecular weight is 314 g/mol. The summed E-state index contributed by atoms with van der Waals surface area (Å²) < 4.78 is 5.07. The number of nitrogens with zero attached hydrogens (tertiary/aromatic N) is 1. The van der Waals surface area contributed by atoms with Crippen molar-refractivity contribution in [1.82, 2.24) is 15.6 Å². The summed E-state index contributed by atoms with van der Waals surface area (Å²) in [6.07, 6.45) is 1.58. The van der Waals surface area contributed by atoms with Gasteiger partial charge in [0.2, 0.25) is 5.88 Å². The standard InChI is InChI=1S/C16H18N4O3/c1-17-14(21)12-6-3-5-11(9-12)10-19-16(22)20-13-7-4-8-18-15(13)23-2/h3-9H,10H2,1-2H3,(H,17,21)(H2,19,20,22). The van der Waals surface area contributed by atoms with Crippen LogP contribution >= 0.6 is 0 Å². The summed E-state index contributed by atoms with van der Waals surface area (Å²) in [7, 11) is 3.05. The Labute approximate surface area is 134 Å². The number of rotatable bonds is 5. The topological polar surface area (TPSA) is 92.4 Å². The fraction of sp³-hybridized carbons (Fsp3) is 0.188. The summed E-state index contributed by atoms with van der Waals surface area (Å²) in [5.41, 5.74) is 1.84. The van der Waals surface area contributed by atoms with Crippen LogP contribution in [0.4, 0.5) is 10.5 Å². The molecule has 0 spiro atoms. The summed E-state index contributed by atoms with van der Waals surface area (Å²) in [5, 5.41) is 7.94. The van der Waals surface area contributed by atoms with E-state index in [0.717, 1.165) is 5.56 Å². The van der Waals surface area contributed by atoms with Crippen LogP contribution in [0.1, 0.15) is 15.9 Å². The van der Waals surface area contributed by atoms with E-state index in [1.54, 1.807) is 43.6 Å². The van der Waals surface area contributed by atoms with Crippen molar-refractivity contribution in [3.05, 3.63) is 53.7 Å². The molecule has 1 heterocycles. The van der Waals surface area contributed by atoms with Crippen LogP contribution in [-0.4, -0.2) is 31.1 Å². The van der Waals surface area contributed by atoms with E-state index in [9.17, 15) is 9.59 Å². The van der Waals surface area contributed by atoms with Crippen molar-refractivity contribution in [1.29, 1.82) is 0 Å². The summed E-state index contributed by atoms with van der Waals surface area (Å²) in [4.78, 5) is 27.5. The first-order valence-corrected chi connectivity index (χ1v) is 6.99. The minimum Gasteiger partial charge on any atom is -0.480 e. The third-order valence-corrected chi connectivity index (χ3v) is 3.08. The van der Waals surface area contributed by atoms with Gasteiger partial charge in [-0.25, -0.2) is 9.78 Å². The molecule has 0 aliphatic rings. The van der Waals surface area contributed by atoms with E-state index in [1.165, 1.54) is 7.11 Å². The van der Waals surface area contributed by atoms with Crippen LogP contribution in [0, 0.1) is 0 Å². The number of methoxy groups -OCH3 is 1. The second-order valence-corrected chi connectivity index (χ2v) is 4.65. The first-order chi connectivity index (χ1) is 11.1. The number of aromatic nitrogens is 1. The number of pyridine rings is 1. The van der Waals surface area contributed by atoms with Crippen LogP contribution < -0.4 is 20.7 Å². The smallest absolute Gasteiger partial charge is 0.319 e. The second-order valence-electron chi connectivity index (χ2n) is 4.65. The predicted molar refractivity (Wildman–Crippen MR) is 86.5 cm³/mol. The van der Waals surface area contributed by atoms with Gasteiger partial charge in [0, 0.05) is 25.4 Å². The van der Waals surface area contributed by atoms with Crippen LogP contribution in [0.2, 0.25) is 0 Å². The molecule has 0 unspecified atom stereocenters. The van der Waals surface area contributed by atoms with Crippen molar-refractivity contribution in [3.63, 3.8) is 0 Å². The van der Waals surface area contributed by atoms with E-state index in [2.05, 4.69) is 20.9 Å². The number of anilines is 1. The first kappa shape index (κ1) is 16.3. The maximum atomic E-state index is 11.9. The minimum atomic E-state index is -0.387. The zero-order valence-corrected chi connectivity index (χ0v) is 12.9. The van der Waals surface area contributed by atoms with Crippen molar-refractivity contribution in [3.8, 4) is 5.88 Å². The monoisotopic (exact) mass is 314 g/mol. The number of carbonyl (C=O) groups excluding carboxylic acids is 2. The zero-order valence-electron chi connectivity index (χ0n) is 12.9. The van der Waals surface area contributed by atoms with E-state index in [-0.39, 0.29) is 11.9 Å². The van der Waals surface area contributed by atoms with Crippen LogP contribution in [0.5, 0.6) is 5.88 Å². The molecule has 0 aliphatic heterocycles. The molecule has 120 valence electrons. The lowest BCUT2D eigenvalue weighted by Crippen LogP contribution is -2.28. The highest BCUT2D eigenvalue weighted by molar-refractivity contribution is 5.94. The molecule has 7 nitrogen and oxygen atoms in total. The largest absolute Gasteiger partial charge is 0.480 e. The summed E-state index contributed by atoms with van der Waals surface area (Å²) in [5.74, 6) is 0.167. The first-order valence-electron chi connectivity index (χ1n) is 6.99. The lowest BCUT2D eigenvalue weighted by molar-refractivity contribution is 0.0963. The molecule has 0 fully saturated rings. The average Bonchev–Trinajstić information content (AvgIpc) is 2.60. The van der Waals surface area contributed by atoms with E-state index in [4.69, 9.17) is 4.74 Å². The maximum Gasteiger partial charge on any atom is 0.319 e. The number of ether oxygens (including phenoxy) is 1. The Balaban J connectivity index is 1.95. The molecule has 2 aromatic rings. The minimum absolute atomic E-state index is 0.170.